The van der Waals surface area contributed by atoms with Crippen LogP contribution in [-0.2, 0) is 4.79 Å². The molecule has 0 heterocycles. The van der Waals surface area contributed by atoms with E-state index < -0.39 is 0 Å². The van der Waals surface area contributed by atoms with Gasteiger partial charge in [-0.15, -0.1) is 0 Å². The van der Waals surface area contributed by atoms with Gasteiger partial charge in [0.2, 0.25) is 11.7 Å². The molecule has 2 N–H and O–H groups in total. The zero-order valence-electron chi connectivity index (χ0n) is 13.6. The zero-order valence-corrected chi connectivity index (χ0v) is 13.6. The molecule has 128 valence electrons. The minimum Gasteiger partial charge on any atom is -0.493 e. The molecule has 0 aliphatic carbocycles. The summed E-state index contributed by atoms with van der Waals surface area (Å²) in [4.78, 5) is 13.4. The summed E-state index contributed by atoms with van der Waals surface area (Å²) in [5.74, 6) is 1.14. The number of rotatable bonds is 9. The summed E-state index contributed by atoms with van der Waals surface area (Å²) in [6, 6.07) is 3.43. The Balaban J connectivity index is 3.00. The van der Waals surface area contributed by atoms with Gasteiger partial charge in [0.15, 0.2) is 11.5 Å². The predicted molar refractivity (Wildman–Crippen MR) is 85.9 cm³/mol. The molecule has 0 radical (unpaired) electrons. The SMILES string of the molecule is COc1cc(/C=C/C(=O)N(CCO)CCO)cc(OC)c1OC. The first-order valence-corrected chi connectivity index (χ1v) is 7.10. The average Bonchev–Trinajstić information content (AvgIpc) is 2.58. The van der Waals surface area contributed by atoms with Crippen LogP contribution in [0.4, 0.5) is 0 Å². The average molecular weight is 325 g/mol. The molecule has 23 heavy (non-hydrogen) atoms. The second-order valence-corrected chi connectivity index (χ2v) is 4.56. The van der Waals surface area contributed by atoms with E-state index >= 15 is 0 Å². The highest BCUT2D eigenvalue weighted by Crippen LogP contribution is 2.38. The number of amides is 1. The van der Waals surface area contributed by atoms with Gasteiger partial charge in [0.25, 0.3) is 0 Å². The number of hydrogen-bond acceptors (Lipinski definition) is 6. The van der Waals surface area contributed by atoms with Crippen molar-refractivity contribution in [3.8, 4) is 17.2 Å². The molecule has 1 rings (SSSR count). The highest BCUT2D eigenvalue weighted by molar-refractivity contribution is 5.92. The quantitative estimate of drug-likeness (QED) is 0.644. The first kappa shape index (κ1) is 18.8. The van der Waals surface area contributed by atoms with Crippen molar-refractivity contribution in [3.63, 3.8) is 0 Å². The molecule has 0 aromatic heterocycles. The van der Waals surface area contributed by atoms with E-state index in [0.717, 1.165) is 0 Å². The van der Waals surface area contributed by atoms with E-state index in [4.69, 9.17) is 24.4 Å². The number of benzene rings is 1. The van der Waals surface area contributed by atoms with Gasteiger partial charge in [0.1, 0.15) is 0 Å². The van der Waals surface area contributed by atoms with Crippen LogP contribution in [0.1, 0.15) is 5.56 Å². The van der Waals surface area contributed by atoms with E-state index in [-0.39, 0.29) is 32.2 Å². The maximum atomic E-state index is 12.1. The fraction of sp³-hybridized carbons (Fsp3) is 0.438. The highest BCUT2D eigenvalue weighted by Gasteiger charge is 2.13. The molecule has 1 aromatic carbocycles. The van der Waals surface area contributed by atoms with Crippen molar-refractivity contribution in [3.05, 3.63) is 23.8 Å². The van der Waals surface area contributed by atoms with Crippen LogP contribution in [0.2, 0.25) is 0 Å². The molecule has 7 heteroatoms. The smallest absolute Gasteiger partial charge is 0.246 e. The van der Waals surface area contributed by atoms with Crippen molar-refractivity contribution < 1.29 is 29.2 Å². The fourth-order valence-electron chi connectivity index (χ4n) is 2.04. The van der Waals surface area contributed by atoms with Gasteiger partial charge in [-0.3, -0.25) is 4.79 Å². The van der Waals surface area contributed by atoms with Gasteiger partial charge < -0.3 is 29.3 Å². The number of carbonyl (C=O) groups excluding carboxylic acids is 1. The van der Waals surface area contributed by atoms with Gasteiger partial charge in [0, 0.05) is 19.2 Å². The molecule has 0 saturated carbocycles. The standard InChI is InChI=1S/C16H23NO6/c1-21-13-10-12(11-14(22-2)16(13)23-3)4-5-15(20)17(6-8-18)7-9-19/h4-5,10-11,18-19H,6-9H2,1-3H3/b5-4+. The lowest BCUT2D eigenvalue weighted by atomic mass is 10.1. The number of ether oxygens (including phenoxy) is 3. The maximum Gasteiger partial charge on any atom is 0.246 e. The third-order valence-electron chi connectivity index (χ3n) is 3.16. The summed E-state index contributed by atoms with van der Waals surface area (Å²) in [7, 11) is 4.54. The van der Waals surface area contributed by atoms with E-state index in [2.05, 4.69) is 0 Å². The van der Waals surface area contributed by atoms with Gasteiger partial charge in [-0.2, -0.15) is 0 Å². The second-order valence-electron chi connectivity index (χ2n) is 4.56. The molecule has 1 amide bonds. The van der Waals surface area contributed by atoms with Crippen molar-refractivity contribution in [1.29, 1.82) is 0 Å². The van der Waals surface area contributed by atoms with Crippen molar-refractivity contribution in [1.82, 2.24) is 4.90 Å². The second kappa shape index (κ2) is 9.70. The van der Waals surface area contributed by atoms with Gasteiger partial charge >= 0.3 is 0 Å². The summed E-state index contributed by atoms with van der Waals surface area (Å²) in [5.41, 5.74) is 0.695. The molecule has 0 saturated heterocycles. The number of aliphatic hydroxyl groups is 2. The van der Waals surface area contributed by atoms with Crippen molar-refractivity contribution in [2.75, 3.05) is 47.6 Å². The first-order chi connectivity index (χ1) is 11.1. The lowest BCUT2D eigenvalue weighted by molar-refractivity contribution is -0.126. The molecular formula is C16H23NO6. The first-order valence-electron chi connectivity index (χ1n) is 7.10. The van der Waals surface area contributed by atoms with Crippen molar-refractivity contribution in [2.24, 2.45) is 0 Å². The van der Waals surface area contributed by atoms with Crippen LogP contribution in [0, 0.1) is 0 Å². The molecule has 1 aromatic rings. The van der Waals surface area contributed by atoms with Gasteiger partial charge in [0.05, 0.1) is 34.5 Å². The Bertz CT molecular complexity index is 512. The number of aliphatic hydroxyl groups excluding tert-OH is 2. The molecule has 0 unspecified atom stereocenters. The van der Waals surface area contributed by atoms with Crippen molar-refractivity contribution >= 4 is 12.0 Å². The predicted octanol–water partition coefficient (Wildman–Crippen LogP) is 0.539. The van der Waals surface area contributed by atoms with E-state index in [1.54, 1.807) is 18.2 Å². The van der Waals surface area contributed by atoms with Gasteiger partial charge in [-0.25, -0.2) is 0 Å². The van der Waals surface area contributed by atoms with E-state index in [9.17, 15) is 4.79 Å². The van der Waals surface area contributed by atoms with Crippen LogP contribution < -0.4 is 14.2 Å². The van der Waals surface area contributed by atoms with Crippen LogP contribution in [0.5, 0.6) is 17.2 Å². The number of nitrogens with zero attached hydrogens (tertiary/aromatic N) is 1. The molecule has 0 aliphatic rings. The highest BCUT2D eigenvalue weighted by atomic mass is 16.5. The number of methoxy groups -OCH3 is 3. The molecule has 0 fully saturated rings. The summed E-state index contributed by atoms with van der Waals surface area (Å²) >= 11 is 0. The third-order valence-corrected chi connectivity index (χ3v) is 3.16. The molecule has 0 aliphatic heterocycles. The Morgan fingerprint density at radius 3 is 1.96 bits per heavy atom. The lowest BCUT2D eigenvalue weighted by Crippen LogP contribution is -2.34. The summed E-state index contributed by atoms with van der Waals surface area (Å²) < 4.78 is 15.7. The Morgan fingerprint density at radius 1 is 1.04 bits per heavy atom. The summed E-state index contributed by atoms with van der Waals surface area (Å²) in [6.45, 7) is 0.00546. The van der Waals surface area contributed by atoms with E-state index in [1.165, 1.54) is 32.3 Å². The Morgan fingerprint density at radius 2 is 1.57 bits per heavy atom. The number of carbonyl (C=O) groups is 1. The third kappa shape index (κ3) is 5.15. The maximum absolute atomic E-state index is 12.1. The largest absolute Gasteiger partial charge is 0.493 e. The Labute approximate surface area is 135 Å². The fourth-order valence-corrected chi connectivity index (χ4v) is 2.04. The normalized spacial score (nSPS) is 10.7. The Hall–Kier alpha value is -2.25. The molecule has 0 atom stereocenters. The van der Waals surface area contributed by atoms with E-state index in [0.29, 0.717) is 22.8 Å². The van der Waals surface area contributed by atoms with Crippen LogP contribution >= 0.6 is 0 Å². The van der Waals surface area contributed by atoms with Crippen LogP contribution in [0.15, 0.2) is 18.2 Å². The molecular weight excluding hydrogens is 302 g/mol. The summed E-state index contributed by atoms with van der Waals surface area (Å²) in [5, 5.41) is 17.9. The van der Waals surface area contributed by atoms with Crippen LogP contribution in [0.25, 0.3) is 6.08 Å². The molecule has 7 nitrogen and oxygen atoms in total. The van der Waals surface area contributed by atoms with Crippen LogP contribution in [0.3, 0.4) is 0 Å². The lowest BCUT2D eigenvalue weighted by Gasteiger charge is -2.18. The van der Waals surface area contributed by atoms with Crippen molar-refractivity contribution in [2.45, 2.75) is 0 Å². The van der Waals surface area contributed by atoms with Gasteiger partial charge in [-0.1, -0.05) is 0 Å². The van der Waals surface area contributed by atoms with Gasteiger partial charge in [-0.05, 0) is 23.8 Å². The summed E-state index contributed by atoms with van der Waals surface area (Å²) in [6.07, 6.45) is 2.97. The number of hydrogen-bond donors (Lipinski definition) is 2. The molecule has 0 spiro atoms. The minimum absolute atomic E-state index is 0.163. The Kier molecular flexibility index (Phi) is 7.93. The van der Waals surface area contributed by atoms with E-state index in [1.807, 2.05) is 0 Å². The zero-order chi connectivity index (χ0) is 17.2. The van der Waals surface area contributed by atoms with Crippen LogP contribution in [-0.4, -0.2) is 68.7 Å². The molecule has 0 bridgehead atoms. The monoisotopic (exact) mass is 325 g/mol. The minimum atomic E-state index is -0.304. The topological polar surface area (TPSA) is 88.5 Å².